The molecular formula is C13H14BrFN2S. The van der Waals surface area contributed by atoms with Gasteiger partial charge in [-0.15, -0.1) is 11.3 Å². The lowest BCUT2D eigenvalue weighted by molar-refractivity contribution is 0.584. The van der Waals surface area contributed by atoms with Gasteiger partial charge in [0.25, 0.3) is 0 Å². The molecule has 0 fully saturated rings. The molecule has 0 saturated carbocycles. The lowest BCUT2D eigenvalue weighted by atomic mass is 10.0. The van der Waals surface area contributed by atoms with E-state index in [1.165, 1.54) is 10.9 Å². The van der Waals surface area contributed by atoms with Crippen molar-refractivity contribution in [1.29, 1.82) is 0 Å². The summed E-state index contributed by atoms with van der Waals surface area (Å²) in [5, 5.41) is 3.27. The number of aryl methyl sites for hydroxylation is 1. The molecule has 0 aliphatic heterocycles. The van der Waals surface area contributed by atoms with Gasteiger partial charge in [-0.2, -0.15) is 0 Å². The van der Waals surface area contributed by atoms with Crippen LogP contribution < -0.4 is 5.32 Å². The van der Waals surface area contributed by atoms with Crippen LogP contribution in [0.3, 0.4) is 0 Å². The summed E-state index contributed by atoms with van der Waals surface area (Å²) >= 11 is 4.93. The average Bonchev–Trinajstić information content (AvgIpc) is 2.77. The van der Waals surface area contributed by atoms with Gasteiger partial charge < -0.3 is 5.32 Å². The van der Waals surface area contributed by atoms with Gasteiger partial charge in [-0.3, -0.25) is 0 Å². The number of rotatable bonds is 4. The minimum atomic E-state index is -0.219. The Bertz CT molecular complexity index is 542. The van der Waals surface area contributed by atoms with E-state index in [0.29, 0.717) is 4.47 Å². The summed E-state index contributed by atoms with van der Waals surface area (Å²) in [6.07, 6.45) is 0.734. The van der Waals surface area contributed by atoms with E-state index in [0.717, 1.165) is 17.7 Å². The van der Waals surface area contributed by atoms with Crippen molar-refractivity contribution in [1.82, 2.24) is 10.3 Å². The van der Waals surface area contributed by atoms with Gasteiger partial charge in [0, 0.05) is 10.9 Å². The van der Waals surface area contributed by atoms with E-state index in [9.17, 15) is 4.39 Å². The van der Waals surface area contributed by atoms with Crippen molar-refractivity contribution in [3.05, 3.63) is 50.1 Å². The summed E-state index contributed by atoms with van der Waals surface area (Å²) in [4.78, 5) is 5.46. The first-order valence-corrected chi connectivity index (χ1v) is 7.31. The van der Waals surface area contributed by atoms with Crippen LogP contribution in [0, 0.1) is 12.7 Å². The number of likely N-dealkylation sites (N-methyl/N-ethyl adjacent to an activating group) is 1. The van der Waals surface area contributed by atoms with Crippen molar-refractivity contribution in [2.45, 2.75) is 19.4 Å². The van der Waals surface area contributed by atoms with E-state index >= 15 is 0 Å². The van der Waals surface area contributed by atoms with Gasteiger partial charge >= 0.3 is 0 Å². The number of nitrogens with one attached hydrogen (secondary N) is 1. The van der Waals surface area contributed by atoms with Crippen molar-refractivity contribution >= 4 is 27.3 Å². The summed E-state index contributed by atoms with van der Waals surface area (Å²) in [6, 6.07) is 5.30. The fourth-order valence-corrected chi connectivity index (χ4v) is 3.24. The molecule has 0 spiro atoms. The Labute approximate surface area is 118 Å². The first-order valence-electron chi connectivity index (χ1n) is 5.63. The van der Waals surface area contributed by atoms with Gasteiger partial charge in [0.15, 0.2) is 0 Å². The lowest BCUT2D eigenvalue weighted by Crippen LogP contribution is -2.19. The van der Waals surface area contributed by atoms with Crippen LogP contribution in [0.5, 0.6) is 0 Å². The van der Waals surface area contributed by atoms with E-state index < -0.39 is 0 Å². The van der Waals surface area contributed by atoms with Gasteiger partial charge in [0.1, 0.15) is 5.82 Å². The van der Waals surface area contributed by atoms with Crippen LogP contribution in [0.4, 0.5) is 4.39 Å². The summed E-state index contributed by atoms with van der Waals surface area (Å²) < 4.78 is 14.0. The lowest BCUT2D eigenvalue weighted by Gasteiger charge is -2.16. The van der Waals surface area contributed by atoms with Gasteiger partial charge in [0.05, 0.1) is 15.7 Å². The molecule has 96 valence electrons. The Balaban J connectivity index is 2.26. The summed E-state index contributed by atoms with van der Waals surface area (Å²) in [6.45, 7) is 2.00. The molecule has 0 amide bonds. The topological polar surface area (TPSA) is 24.9 Å². The second kappa shape index (κ2) is 5.91. The number of hydrogen-bond acceptors (Lipinski definition) is 3. The molecule has 1 unspecified atom stereocenters. The highest BCUT2D eigenvalue weighted by atomic mass is 79.9. The largest absolute Gasteiger partial charge is 0.312 e. The van der Waals surface area contributed by atoms with E-state index in [-0.39, 0.29) is 11.9 Å². The normalized spacial score (nSPS) is 12.7. The third-order valence-electron chi connectivity index (χ3n) is 2.90. The van der Waals surface area contributed by atoms with Gasteiger partial charge in [-0.1, -0.05) is 12.1 Å². The Hall–Kier alpha value is -0.780. The Kier molecular flexibility index (Phi) is 4.48. The van der Waals surface area contributed by atoms with Crippen LogP contribution in [-0.2, 0) is 6.42 Å². The standard InChI is InChI=1S/C13H14BrFN2S/c1-8-13(18-7-17-8)11(16-2)6-9-4-3-5-10(15)12(9)14/h3-5,7,11,16H,6H2,1-2H3. The summed E-state index contributed by atoms with van der Waals surface area (Å²) in [7, 11) is 1.91. The van der Waals surface area contributed by atoms with Gasteiger partial charge in [0.2, 0.25) is 0 Å². The van der Waals surface area contributed by atoms with Crippen LogP contribution in [-0.4, -0.2) is 12.0 Å². The molecular weight excluding hydrogens is 315 g/mol. The predicted molar refractivity (Wildman–Crippen MR) is 76.5 cm³/mol. The number of thiazole rings is 1. The fraction of sp³-hybridized carbons (Fsp3) is 0.308. The van der Waals surface area contributed by atoms with Crippen LogP contribution in [0.25, 0.3) is 0 Å². The molecule has 0 saturated heterocycles. The molecule has 1 N–H and O–H groups in total. The monoisotopic (exact) mass is 328 g/mol. The van der Waals surface area contributed by atoms with Crippen LogP contribution in [0.1, 0.15) is 22.2 Å². The second-order valence-corrected chi connectivity index (χ2v) is 5.74. The maximum atomic E-state index is 13.5. The van der Waals surface area contributed by atoms with Crippen molar-refractivity contribution in [2.24, 2.45) is 0 Å². The van der Waals surface area contributed by atoms with E-state index in [1.54, 1.807) is 17.4 Å². The van der Waals surface area contributed by atoms with Crippen molar-refractivity contribution in [3.63, 3.8) is 0 Å². The first-order chi connectivity index (χ1) is 8.63. The highest BCUT2D eigenvalue weighted by Gasteiger charge is 2.17. The van der Waals surface area contributed by atoms with Crippen LogP contribution in [0.2, 0.25) is 0 Å². The average molecular weight is 329 g/mol. The molecule has 0 radical (unpaired) electrons. The number of hydrogen-bond donors (Lipinski definition) is 1. The molecule has 0 bridgehead atoms. The molecule has 2 rings (SSSR count). The zero-order chi connectivity index (χ0) is 13.1. The minimum absolute atomic E-state index is 0.163. The maximum absolute atomic E-state index is 13.5. The smallest absolute Gasteiger partial charge is 0.137 e. The zero-order valence-corrected chi connectivity index (χ0v) is 12.6. The molecule has 1 heterocycles. The molecule has 2 aromatic rings. The number of benzene rings is 1. The molecule has 5 heteroatoms. The van der Waals surface area contributed by atoms with Gasteiger partial charge in [-0.25, -0.2) is 9.37 Å². The van der Waals surface area contributed by atoms with E-state index in [2.05, 4.69) is 26.2 Å². The fourth-order valence-electron chi connectivity index (χ4n) is 1.90. The minimum Gasteiger partial charge on any atom is -0.312 e. The van der Waals surface area contributed by atoms with Gasteiger partial charge in [-0.05, 0) is 48.0 Å². The first kappa shape index (κ1) is 13.6. The number of nitrogens with zero attached hydrogens (tertiary/aromatic N) is 1. The second-order valence-electron chi connectivity index (χ2n) is 4.06. The number of halogens is 2. The van der Waals surface area contributed by atoms with Crippen LogP contribution in [0.15, 0.2) is 28.2 Å². The van der Waals surface area contributed by atoms with Crippen molar-refractivity contribution < 1.29 is 4.39 Å². The van der Waals surface area contributed by atoms with Crippen LogP contribution >= 0.6 is 27.3 Å². The molecule has 0 aliphatic carbocycles. The molecule has 1 atom stereocenters. The molecule has 18 heavy (non-hydrogen) atoms. The van der Waals surface area contributed by atoms with E-state index in [1.807, 2.05) is 25.5 Å². The number of aromatic nitrogens is 1. The highest BCUT2D eigenvalue weighted by molar-refractivity contribution is 9.10. The highest BCUT2D eigenvalue weighted by Crippen LogP contribution is 2.28. The van der Waals surface area contributed by atoms with Crippen molar-refractivity contribution in [2.75, 3.05) is 7.05 Å². The SMILES string of the molecule is CNC(Cc1cccc(F)c1Br)c1scnc1C. The molecule has 1 aromatic heterocycles. The van der Waals surface area contributed by atoms with E-state index in [4.69, 9.17) is 0 Å². The third kappa shape index (κ3) is 2.79. The quantitative estimate of drug-likeness (QED) is 0.921. The maximum Gasteiger partial charge on any atom is 0.137 e. The molecule has 2 nitrogen and oxygen atoms in total. The summed E-state index contributed by atoms with van der Waals surface area (Å²) in [5.41, 5.74) is 3.84. The Morgan fingerprint density at radius 3 is 2.89 bits per heavy atom. The predicted octanol–water partition coefficient (Wildman–Crippen LogP) is 3.86. The third-order valence-corrected chi connectivity index (χ3v) is 4.84. The zero-order valence-electron chi connectivity index (χ0n) is 10.2. The summed E-state index contributed by atoms with van der Waals surface area (Å²) in [5.74, 6) is -0.219. The Morgan fingerprint density at radius 1 is 1.50 bits per heavy atom. The Morgan fingerprint density at radius 2 is 2.28 bits per heavy atom. The van der Waals surface area contributed by atoms with Crippen molar-refractivity contribution in [3.8, 4) is 0 Å². The molecule has 0 aliphatic rings. The molecule has 1 aromatic carbocycles.